The van der Waals surface area contributed by atoms with Crippen LogP contribution in [0.5, 0.6) is 0 Å². The van der Waals surface area contributed by atoms with E-state index in [1.54, 1.807) is 0 Å². The molecule has 0 saturated carbocycles. The molecule has 0 aliphatic heterocycles. The smallest absolute Gasteiger partial charge is 0.220 e. The topological polar surface area (TPSA) is 88.8 Å². The molecule has 1 aromatic heterocycles. The predicted molar refractivity (Wildman–Crippen MR) is 104 cm³/mol. The van der Waals surface area contributed by atoms with Crippen molar-refractivity contribution in [1.29, 1.82) is 0 Å². The zero-order valence-corrected chi connectivity index (χ0v) is 13.6. The molecule has 4 N–H and O–H groups in total. The zero-order valence-electron chi connectivity index (χ0n) is 13.6. The van der Waals surface area contributed by atoms with Crippen molar-refractivity contribution in [2.75, 3.05) is 0 Å². The summed E-state index contributed by atoms with van der Waals surface area (Å²) in [6.45, 7) is 0. The van der Waals surface area contributed by atoms with Gasteiger partial charge in [0, 0.05) is 11.2 Å². The van der Waals surface area contributed by atoms with E-state index >= 15 is 0 Å². The van der Waals surface area contributed by atoms with Crippen molar-refractivity contribution in [3.63, 3.8) is 0 Å². The highest BCUT2D eigenvalue weighted by molar-refractivity contribution is 6.67. The van der Waals surface area contributed by atoms with Crippen molar-refractivity contribution < 1.29 is 11.0 Å². The molecular formula is C20H18BN2O2. The number of para-hydroxylation sites is 2. The van der Waals surface area contributed by atoms with Crippen LogP contribution in [-0.2, 0) is 0 Å². The Balaban J connectivity index is 0.00000113. The summed E-state index contributed by atoms with van der Waals surface area (Å²) in [5.74, 6) is 0. The van der Waals surface area contributed by atoms with Crippen LogP contribution in [0, 0.1) is 0 Å². The van der Waals surface area contributed by atoms with E-state index < -0.39 is 0 Å². The third-order valence-corrected chi connectivity index (χ3v) is 3.75. The van der Waals surface area contributed by atoms with Gasteiger partial charge in [-0.2, -0.15) is 0 Å². The fraction of sp³-hybridized carbons (Fsp3) is 0. The average Bonchev–Trinajstić information content (AvgIpc) is 2.63. The molecule has 1 heterocycles. The van der Waals surface area contributed by atoms with Crippen molar-refractivity contribution in [2.45, 2.75) is 0 Å². The Labute approximate surface area is 147 Å². The van der Waals surface area contributed by atoms with E-state index in [9.17, 15) is 0 Å². The predicted octanol–water partition coefficient (Wildman–Crippen LogP) is 1.30. The molecule has 0 unspecified atom stereocenters. The Hall–Kier alpha value is -3.02. The van der Waals surface area contributed by atoms with Gasteiger partial charge in [0.05, 0.1) is 16.7 Å². The minimum atomic E-state index is 0. The molecule has 4 rings (SSSR count). The maximum absolute atomic E-state index is 4.85. The molecule has 0 aliphatic carbocycles. The molecule has 1 radical (unpaired) electrons. The van der Waals surface area contributed by atoms with Crippen LogP contribution < -0.4 is 11.1 Å². The van der Waals surface area contributed by atoms with Gasteiger partial charge in [-0.05, 0) is 12.1 Å². The summed E-state index contributed by atoms with van der Waals surface area (Å²) in [7, 11) is 2.09. The summed E-state index contributed by atoms with van der Waals surface area (Å²) in [6, 6.07) is 28.4. The van der Waals surface area contributed by atoms with E-state index in [-0.39, 0.29) is 11.0 Å². The number of fused-ring (bicyclic) bond motifs is 1. The molecule has 0 spiro atoms. The molecule has 4 aromatic rings. The van der Waals surface area contributed by atoms with Gasteiger partial charge in [-0.1, -0.05) is 78.3 Å². The number of hydrogen-bond acceptors (Lipinski definition) is 2. The first-order chi connectivity index (χ1) is 11.4. The second-order valence-electron chi connectivity index (χ2n) is 5.37. The highest BCUT2D eigenvalue weighted by Crippen LogP contribution is 2.17. The Morgan fingerprint density at radius 3 is 1.72 bits per heavy atom. The van der Waals surface area contributed by atoms with E-state index in [1.165, 1.54) is 0 Å². The maximum Gasteiger partial charge on any atom is 0.220 e. The van der Waals surface area contributed by atoms with Gasteiger partial charge < -0.3 is 11.0 Å². The third kappa shape index (κ3) is 3.91. The SMILES string of the molecule is O.O.[B](c1ccccc1)c1nc2ccccc2nc1-c1ccccc1. The van der Waals surface area contributed by atoms with Gasteiger partial charge in [0.25, 0.3) is 0 Å². The van der Waals surface area contributed by atoms with Gasteiger partial charge in [0.15, 0.2) is 0 Å². The molecule has 0 fully saturated rings. The van der Waals surface area contributed by atoms with Crippen molar-refractivity contribution >= 4 is 29.4 Å². The van der Waals surface area contributed by atoms with Crippen molar-refractivity contribution in [3.05, 3.63) is 84.9 Å². The lowest BCUT2D eigenvalue weighted by Gasteiger charge is -2.10. The fourth-order valence-electron chi connectivity index (χ4n) is 2.63. The van der Waals surface area contributed by atoms with Crippen LogP contribution in [0.25, 0.3) is 22.3 Å². The minimum Gasteiger partial charge on any atom is -0.412 e. The second-order valence-corrected chi connectivity index (χ2v) is 5.37. The number of nitrogens with zero attached hydrogens (tertiary/aromatic N) is 2. The highest BCUT2D eigenvalue weighted by Gasteiger charge is 2.12. The number of aromatic nitrogens is 2. The van der Waals surface area contributed by atoms with Crippen LogP contribution in [0.4, 0.5) is 0 Å². The summed E-state index contributed by atoms with van der Waals surface area (Å²) in [4.78, 5) is 9.68. The molecule has 0 amide bonds. The number of hydrogen-bond donors (Lipinski definition) is 0. The fourth-order valence-corrected chi connectivity index (χ4v) is 2.63. The van der Waals surface area contributed by atoms with Gasteiger partial charge in [-0.15, -0.1) is 0 Å². The first-order valence-electron chi connectivity index (χ1n) is 7.62. The van der Waals surface area contributed by atoms with Crippen molar-refractivity contribution in [3.8, 4) is 11.3 Å². The van der Waals surface area contributed by atoms with E-state index in [0.29, 0.717) is 0 Å². The standard InChI is InChI=1S/C20H14BN2.2H2O/c1-3-9-15(10-4-1)19-20(21-16-11-5-2-6-12-16)23-18-14-8-7-13-17(18)22-19;;/h1-14H;2*1H2. The van der Waals surface area contributed by atoms with Crippen LogP contribution >= 0.6 is 0 Å². The van der Waals surface area contributed by atoms with Crippen LogP contribution in [0.1, 0.15) is 0 Å². The summed E-state index contributed by atoms with van der Waals surface area (Å²) in [5.41, 5.74) is 5.82. The van der Waals surface area contributed by atoms with Gasteiger partial charge in [0.1, 0.15) is 0 Å². The largest absolute Gasteiger partial charge is 0.412 e. The first-order valence-corrected chi connectivity index (χ1v) is 7.62. The first kappa shape index (κ1) is 18.3. The summed E-state index contributed by atoms with van der Waals surface area (Å²) in [5, 5.41) is 0. The van der Waals surface area contributed by atoms with Gasteiger partial charge >= 0.3 is 0 Å². The van der Waals surface area contributed by atoms with E-state index in [4.69, 9.17) is 9.97 Å². The normalized spacial score (nSPS) is 9.76. The maximum atomic E-state index is 4.85. The number of benzene rings is 3. The second kappa shape index (κ2) is 8.19. The van der Waals surface area contributed by atoms with Crippen LogP contribution in [0.15, 0.2) is 84.9 Å². The molecular weight excluding hydrogens is 311 g/mol. The summed E-state index contributed by atoms with van der Waals surface area (Å²) < 4.78 is 0. The lowest BCUT2D eigenvalue weighted by Crippen LogP contribution is -2.32. The molecule has 0 saturated heterocycles. The molecule has 123 valence electrons. The molecule has 4 nitrogen and oxygen atoms in total. The molecule has 5 heteroatoms. The van der Waals surface area contributed by atoms with Crippen molar-refractivity contribution in [2.24, 2.45) is 0 Å². The van der Waals surface area contributed by atoms with Crippen LogP contribution in [0.3, 0.4) is 0 Å². The van der Waals surface area contributed by atoms with Crippen molar-refractivity contribution in [1.82, 2.24) is 9.97 Å². The Bertz CT molecular complexity index is 947. The quantitative estimate of drug-likeness (QED) is 0.530. The van der Waals surface area contributed by atoms with E-state index in [1.807, 2.05) is 60.7 Å². The van der Waals surface area contributed by atoms with E-state index in [2.05, 4.69) is 31.5 Å². The highest BCUT2D eigenvalue weighted by atomic mass is 16.0. The minimum absolute atomic E-state index is 0. The molecule has 25 heavy (non-hydrogen) atoms. The molecule has 3 aromatic carbocycles. The Morgan fingerprint density at radius 1 is 0.560 bits per heavy atom. The number of rotatable bonds is 3. The monoisotopic (exact) mass is 329 g/mol. The lowest BCUT2D eigenvalue weighted by atomic mass is 9.65. The Morgan fingerprint density at radius 2 is 1.08 bits per heavy atom. The summed E-state index contributed by atoms with van der Waals surface area (Å²) >= 11 is 0. The average molecular weight is 329 g/mol. The van der Waals surface area contributed by atoms with Crippen LogP contribution in [-0.4, -0.2) is 28.2 Å². The lowest BCUT2D eigenvalue weighted by molar-refractivity contribution is 0.823. The van der Waals surface area contributed by atoms with Gasteiger partial charge in [0.2, 0.25) is 7.28 Å². The summed E-state index contributed by atoms with van der Waals surface area (Å²) in [6.07, 6.45) is 0. The zero-order chi connectivity index (χ0) is 15.5. The molecule has 0 atom stereocenters. The third-order valence-electron chi connectivity index (χ3n) is 3.75. The molecule has 0 bridgehead atoms. The van der Waals surface area contributed by atoms with E-state index in [0.717, 1.165) is 33.3 Å². The molecule has 0 aliphatic rings. The van der Waals surface area contributed by atoms with Gasteiger partial charge in [-0.25, -0.2) is 4.98 Å². The Kier molecular flexibility index (Phi) is 6.01. The van der Waals surface area contributed by atoms with Crippen LogP contribution in [0.2, 0.25) is 0 Å². The van der Waals surface area contributed by atoms with Gasteiger partial charge in [-0.3, -0.25) is 4.98 Å².